The highest BCUT2D eigenvalue weighted by atomic mass is 19.1. The molecule has 0 aromatic heterocycles. The van der Waals surface area contributed by atoms with Crippen molar-refractivity contribution in [1.82, 2.24) is 10.6 Å². The number of amides is 1. The molecule has 128 valence electrons. The van der Waals surface area contributed by atoms with Crippen LogP contribution in [0, 0.1) is 17.1 Å². The summed E-state index contributed by atoms with van der Waals surface area (Å²) in [7, 11) is 1.58. The lowest BCUT2D eigenvalue weighted by molar-refractivity contribution is -0.117. The number of nitriles is 1. The molecule has 2 aromatic carbocycles. The molecule has 0 saturated heterocycles. The molecule has 0 aliphatic rings. The summed E-state index contributed by atoms with van der Waals surface area (Å²) in [6.07, 6.45) is 1.29. The number of methoxy groups -OCH3 is 1. The molecule has 0 spiro atoms. The summed E-state index contributed by atoms with van der Waals surface area (Å²) < 4.78 is 18.6. The molecule has 5 nitrogen and oxygen atoms in total. The second kappa shape index (κ2) is 9.08. The van der Waals surface area contributed by atoms with Gasteiger partial charge in [0.05, 0.1) is 7.11 Å². The highest BCUT2D eigenvalue weighted by molar-refractivity contribution is 5.97. The molecular formula is C19H18FN3O2. The van der Waals surface area contributed by atoms with E-state index >= 15 is 0 Å². The van der Waals surface area contributed by atoms with Gasteiger partial charge < -0.3 is 15.4 Å². The highest BCUT2D eigenvalue weighted by Crippen LogP contribution is 2.11. The summed E-state index contributed by atoms with van der Waals surface area (Å²) in [5.74, 6) is -0.116. The van der Waals surface area contributed by atoms with Crippen molar-refractivity contribution in [3.63, 3.8) is 0 Å². The number of hydrogen-bond donors (Lipinski definition) is 2. The Morgan fingerprint density at radius 1 is 1.20 bits per heavy atom. The third-order valence-corrected chi connectivity index (χ3v) is 3.47. The SMILES string of the molecule is COc1ccc(CNC(=O)/C(C#N)=C\NCc2ccccc2F)cc1. The van der Waals surface area contributed by atoms with Crippen LogP contribution in [0.5, 0.6) is 5.75 Å². The lowest BCUT2D eigenvalue weighted by Crippen LogP contribution is -2.25. The average molecular weight is 339 g/mol. The normalized spacial score (nSPS) is 10.7. The van der Waals surface area contributed by atoms with Gasteiger partial charge in [0.1, 0.15) is 23.2 Å². The van der Waals surface area contributed by atoms with Crippen LogP contribution >= 0.6 is 0 Å². The van der Waals surface area contributed by atoms with Gasteiger partial charge >= 0.3 is 0 Å². The Hall–Kier alpha value is -3.33. The van der Waals surface area contributed by atoms with E-state index in [-0.39, 0.29) is 24.5 Å². The second-order valence-electron chi connectivity index (χ2n) is 5.17. The van der Waals surface area contributed by atoms with Crippen LogP contribution in [0.4, 0.5) is 4.39 Å². The first kappa shape index (κ1) is 18.0. The number of carbonyl (C=O) groups excluding carboxylic acids is 1. The largest absolute Gasteiger partial charge is 0.497 e. The van der Waals surface area contributed by atoms with Crippen molar-refractivity contribution in [2.45, 2.75) is 13.1 Å². The lowest BCUT2D eigenvalue weighted by Gasteiger charge is -2.07. The molecule has 0 aliphatic heterocycles. The molecule has 0 radical (unpaired) electrons. The van der Waals surface area contributed by atoms with E-state index in [1.165, 1.54) is 12.3 Å². The first-order valence-corrected chi connectivity index (χ1v) is 7.62. The van der Waals surface area contributed by atoms with Crippen LogP contribution in [0.3, 0.4) is 0 Å². The van der Waals surface area contributed by atoms with E-state index in [0.29, 0.717) is 5.56 Å². The topological polar surface area (TPSA) is 74.1 Å². The molecular weight excluding hydrogens is 321 g/mol. The smallest absolute Gasteiger partial charge is 0.263 e. The zero-order valence-electron chi connectivity index (χ0n) is 13.8. The van der Waals surface area contributed by atoms with Gasteiger partial charge in [0.2, 0.25) is 0 Å². The van der Waals surface area contributed by atoms with E-state index < -0.39 is 5.91 Å². The number of ether oxygens (including phenoxy) is 1. The Morgan fingerprint density at radius 3 is 2.56 bits per heavy atom. The quantitative estimate of drug-likeness (QED) is 0.601. The van der Waals surface area contributed by atoms with Gasteiger partial charge in [-0.25, -0.2) is 4.39 Å². The van der Waals surface area contributed by atoms with E-state index in [2.05, 4.69) is 10.6 Å². The molecule has 0 unspecified atom stereocenters. The lowest BCUT2D eigenvalue weighted by atomic mass is 10.2. The molecule has 6 heteroatoms. The molecule has 1 amide bonds. The van der Waals surface area contributed by atoms with Crippen LogP contribution in [0.1, 0.15) is 11.1 Å². The number of rotatable bonds is 7. The molecule has 0 bridgehead atoms. The zero-order valence-corrected chi connectivity index (χ0v) is 13.8. The van der Waals surface area contributed by atoms with Crippen LogP contribution in [0.15, 0.2) is 60.3 Å². The first-order valence-electron chi connectivity index (χ1n) is 7.62. The molecule has 2 aromatic rings. The highest BCUT2D eigenvalue weighted by Gasteiger charge is 2.08. The molecule has 2 N–H and O–H groups in total. The fraction of sp³-hybridized carbons (Fsp3) is 0.158. The van der Waals surface area contributed by atoms with Crippen molar-refractivity contribution in [3.8, 4) is 11.8 Å². The van der Waals surface area contributed by atoms with Gasteiger partial charge in [0.15, 0.2) is 0 Å². The standard InChI is InChI=1S/C19H18FN3O2/c1-25-17-8-6-14(7-9-17)11-23-19(24)16(10-21)13-22-12-15-4-2-3-5-18(15)20/h2-9,13,22H,11-12H2,1H3,(H,23,24)/b16-13-. The maximum absolute atomic E-state index is 13.5. The molecule has 0 aliphatic carbocycles. The number of carbonyl (C=O) groups is 1. The van der Waals surface area contributed by atoms with E-state index in [9.17, 15) is 9.18 Å². The Balaban J connectivity index is 1.89. The van der Waals surface area contributed by atoms with Gasteiger partial charge in [0, 0.05) is 24.9 Å². The van der Waals surface area contributed by atoms with Crippen molar-refractivity contribution >= 4 is 5.91 Å². The zero-order chi connectivity index (χ0) is 18.1. The predicted molar refractivity (Wildman–Crippen MR) is 91.8 cm³/mol. The second-order valence-corrected chi connectivity index (χ2v) is 5.17. The van der Waals surface area contributed by atoms with Crippen molar-refractivity contribution in [2.24, 2.45) is 0 Å². The van der Waals surface area contributed by atoms with E-state index in [1.807, 2.05) is 18.2 Å². The Bertz CT molecular complexity index is 795. The monoisotopic (exact) mass is 339 g/mol. The fourth-order valence-corrected chi connectivity index (χ4v) is 2.07. The molecule has 0 saturated carbocycles. The first-order chi connectivity index (χ1) is 12.1. The van der Waals surface area contributed by atoms with Crippen LogP contribution in [-0.4, -0.2) is 13.0 Å². The Morgan fingerprint density at radius 2 is 1.92 bits per heavy atom. The van der Waals surface area contributed by atoms with Crippen molar-refractivity contribution in [2.75, 3.05) is 7.11 Å². The van der Waals surface area contributed by atoms with E-state index in [4.69, 9.17) is 10.00 Å². The van der Waals surface area contributed by atoms with Gasteiger partial charge in [0.25, 0.3) is 5.91 Å². The molecule has 0 atom stereocenters. The van der Waals surface area contributed by atoms with Gasteiger partial charge in [-0.2, -0.15) is 5.26 Å². The van der Waals surface area contributed by atoms with Crippen LogP contribution in [0.25, 0.3) is 0 Å². The fourth-order valence-electron chi connectivity index (χ4n) is 2.07. The summed E-state index contributed by atoms with van der Waals surface area (Å²) in [5, 5.41) is 14.6. The molecule has 2 rings (SSSR count). The summed E-state index contributed by atoms with van der Waals surface area (Å²) in [4.78, 5) is 12.0. The molecule has 25 heavy (non-hydrogen) atoms. The number of halogens is 1. The number of nitrogens with zero attached hydrogens (tertiary/aromatic N) is 1. The Kier molecular flexibility index (Phi) is 6.55. The summed E-state index contributed by atoms with van der Waals surface area (Å²) >= 11 is 0. The van der Waals surface area contributed by atoms with Gasteiger partial charge in [-0.3, -0.25) is 4.79 Å². The summed E-state index contributed by atoms with van der Waals surface area (Å²) in [6.45, 7) is 0.471. The van der Waals surface area contributed by atoms with Gasteiger partial charge in [-0.1, -0.05) is 30.3 Å². The van der Waals surface area contributed by atoms with Crippen molar-refractivity contribution < 1.29 is 13.9 Å². The minimum Gasteiger partial charge on any atom is -0.497 e. The molecule has 0 fully saturated rings. The number of benzene rings is 2. The van der Waals surface area contributed by atoms with Crippen molar-refractivity contribution in [1.29, 1.82) is 5.26 Å². The van der Waals surface area contributed by atoms with E-state index in [1.54, 1.807) is 37.4 Å². The summed E-state index contributed by atoms with van der Waals surface area (Å²) in [6, 6.07) is 15.4. The van der Waals surface area contributed by atoms with Crippen LogP contribution in [0.2, 0.25) is 0 Å². The minimum absolute atomic E-state index is 0.0788. The number of nitrogens with one attached hydrogen (secondary N) is 2. The van der Waals surface area contributed by atoms with Crippen molar-refractivity contribution in [3.05, 3.63) is 77.2 Å². The average Bonchev–Trinajstić information content (AvgIpc) is 2.65. The third kappa shape index (κ3) is 5.36. The number of hydrogen-bond acceptors (Lipinski definition) is 4. The maximum Gasteiger partial charge on any atom is 0.263 e. The van der Waals surface area contributed by atoms with Crippen LogP contribution in [-0.2, 0) is 17.9 Å². The van der Waals surface area contributed by atoms with E-state index in [0.717, 1.165) is 11.3 Å². The predicted octanol–water partition coefficient (Wildman–Crippen LogP) is 2.65. The van der Waals surface area contributed by atoms with Crippen LogP contribution < -0.4 is 15.4 Å². The molecule has 0 heterocycles. The minimum atomic E-state index is -0.501. The summed E-state index contributed by atoms with van der Waals surface area (Å²) in [5.41, 5.74) is 1.25. The van der Waals surface area contributed by atoms with Gasteiger partial charge in [-0.05, 0) is 23.8 Å². The van der Waals surface area contributed by atoms with Gasteiger partial charge in [-0.15, -0.1) is 0 Å². The Labute approximate surface area is 145 Å². The third-order valence-electron chi connectivity index (χ3n) is 3.47. The maximum atomic E-state index is 13.5.